The van der Waals surface area contributed by atoms with Gasteiger partial charge in [-0.25, -0.2) is 4.79 Å². The van der Waals surface area contributed by atoms with Crippen molar-refractivity contribution in [2.75, 3.05) is 6.61 Å². The largest absolute Gasteiger partial charge is 0.480 e. The van der Waals surface area contributed by atoms with Crippen LogP contribution in [0.1, 0.15) is 29.5 Å². The predicted molar refractivity (Wildman–Crippen MR) is 158 cm³/mol. The van der Waals surface area contributed by atoms with Crippen LogP contribution in [-0.4, -0.2) is 33.6 Å². The van der Waals surface area contributed by atoms with Crippen LogP contribution in [0.2, 0.25) is 0 Å². The molecule has 0 fully saturated rings. The number of fused-ring (bicyclic) bond motifs is 1. The molecule has 1 aromatic heterocycles. The van der Waals surface area contributed by atoms with Crippen molar-refractivity contribution in [1.29, 1.82) is 0 Å². The lowest BCUT2D eigenvalue weighted by Gasteiger charge is -2.15. The summed E-state index contributed by atoms with van der Waals surface area (Å²) < 4.78 is 7.81. The van der Waals surface area contributed by atoms with Gasteiger partial charge in [-0.15, -0.1) is 0 Å². The highest BCUT2D eigenvalue weighted by atomic mass is 16.5. The molecular formula is C35H32N2O3. The average molecular weight is 529 g/mol. The molecule has 1 atom stereocenters. The number of nitrogens with zero attached hydrogens (tertiary/aromatic N) is 2. The minimum absolute atomic E-state index is 0.0548. The smallest absolute Gasteiger partial charge is 0.329 e. The molecule has 5 aromatic rings. The minimum Gasteiger partial charge on any atom is -0.480 e. The van der Waals surface area contributed by atoms with Gasteiger partial charge < -0.3 is 9.84 Å². The first kappa shape index (κ1) is 25.8. The average Bonchev–Trinajstić information content (AvgIpc) is 3.24. The molecule has 1 aliphatic rings. The number of aliphatic carboxylic acids is 1. The fraction of sp³-hybridized carbons (Fsp3) is 0.200. The first-order valence-corrected chi connectivity index (χ1v) is 13.9. The van der Waals surface area contributed by atoms with Crippen molar-refractivity contribution < 1.29 is 14.6 Å². The Morgan fingerprint density at radius 2 is 1.48 bits per heavy atom. The van der Waals surface area contributed by atoms with Gasteiger partial charge in [-0.3, -0.25) is 4.68 Å². The van der Waals surface area contributed by atoms with Gasteiger partial charge in [0.05, 0.1) is 18.3 Å². The van der Waals surface area contributed by atoms with Gasteiger partial charge in [-0.05, 0) is 47.9 Å². The number of rotatable bonds is 8. The first-order chi connectivity index (χ1) is 19.7. The van der Waals surface area contributed by atoms with Crippen molar-refractivity contribution in [1.82, 2.24) is 9.78 Å². The molecule has 5 heteroatoms. The van der Waals surface area contributed by atoms with E-state index in [0.717, 1.165) is 59.3 Å². The fourth-order valence-corrected chi connectivity index (χ4v) is 5.72. The lowest BCUT2D eigenvalue weighted by atomic mass is 9.95. The molecule has 0 bridgehead atoms. The summed E-state index contributed by atoms with van der Waals surface area (Å²) in [7, 11) is 0. The van der Waals surface area contributed by atoms with Crippen LogP contribution in [0.25, 0.3) is 33.6 Å². The maximum atomic E-state index is 11.0. The van der Waals surface area contributed by atoms with Gasteiger partial charge in [0.25, 0.3) is 0 Å². The van der Waals surface area contributed by atoms with Crippen LogP contribution in [-0.2, 0) is 28.9 Å². The maximum absolute atomic E-state index is 11.0. The molecule has 40 heavy (non-hydrogen) atoms. The van der Waals surface area contributed by atoms with Crippen LogP contribution in [0.5, 0.6) is 0 Å². The van der Waals surface area contributed by atoms with Crippen molar-refractivity contribution in [3.63, 3.8) is 0 Å². The summed E-state index contributed by atoms with van der Waals surface area (Å²) >= 11 is 0. The first-order valence-electron chi connectivity index (χ1n) is 13.9. The lowest BCUT2D eigenvalue weighted by Crippen LogP contribution is -2.19. The Labute approximate surface area is 234 Å². The minimum atomic E-state index is -0.919. The van der Waals surface area contributed by atoms with E-state index in [1.807, 2.05) is 18.2 Å². The highest BCUT2D eigenvalue weighted by Gasteiger charge is 2.23. The number of aryl methyl sites for hydroxylation is 1. The third kappa shape index (κ3) is 5.61. The Bertz CT molecular complexity index is 1590. The van der Waals surface area contributed by atoms with E-state index in [1.165, 1.54) is 16.7 Å². The summed E-state index contributed by atoms with van der Waals surface area (Å²) in [5.74, 6) is -0.919. The van der Waals surface area contributed by atoms with E-state index in [1.54, 1.807) is 0 Å². The zero-order chi connectivity index (χ0) is 27.3. The molecule has 1 N–H and O–H groups in total. The van der Waals surface area contributed by atoms with Gasteiger partial charge in [-0.2, -0.15) is 5.10 Å². The molecule has 0 saturated heterocycles. The van der Waals surface area contributed by atoms with E-state index in [0.29, 0.717) is 6.54 Å². The van der Waals surface area contributed by atoms with E-state index in [4.69, 9.17) is 14.9 Å². The number of carboxylic acids is 1. The van der Waals surface area contributed by atoms with Gasteiger partial charge in [0, 0.05) is 16.7 Å². The number of hydrogen-bond donors (Lipinski definition) is 1. The molecule has 1 heterocycles. The van der Waals surface area contributed by atoms with Crippen molar-refractivity contribution in [2.24, 2.45) is 0 Å². The van der Waals surface area contributed by atoms with Gasteiger partial charge in [0.1, 0.15) is 12.3 Å². The molecular weight excluding hydrogens is 496 g/mol. The Kier molecular flexibility index (Phi) is 7.56. The lowest BCUT2D eigenvalue weighted by molar-refractivity contribution is -0.144. The molecule has 0 saturated carbocycles. The summed E-state index contributed by atoms with van der Waals surface area (Å²) in [5, 5.41) is 14.3. The van der Waals surface area contributed by atoms with E-state index in [2.05, 4.69) is 95.7 Å². The summed E-state index contributed by atoms with van der Waals surface area (Å²) in [6.07, 6.45) is 3.51. The van der Waals surface area contributed by atoms with Crippen LogP contribution in [0.3, 0.4) is 0 Å². The molecule has 4 aromatic carbocycles. The number of carboxylic acid groups (broad SMARTS) is 1. The topological polar surface area (TPSA) is 64.3 Å². The second-order valence-electron chi connectivity index (χ2n) is 10.4. The predicted octanol–water partition coefficient (Wildman–Crippen LogP) is 7.28. The Hall–Kier alpha value is -4.48. The van der Waals surface area contributed by atoms with E-state index in [-0.39, 0.29) is 12.7 Å². The van der Waals surface area contributed by atoms with Crippen LogP contribution in [0, 0.1) is 0 Å². The molecule has 200 valence electrons. The third-order valence-electron chi connectivity index (χ3n) is 7.57. The highest BCUT2D eigenvalue weighted by molar-refractivity contribution is 5.91. The molecule has 0 radical (unpaired) electrons. The quantitative estimate of drug-likeness (QED) is 0.215. The highest BCUT2D eigenvalue weighted by Crippen LogP contribution is 2.40. The van der Waals surface area contributed by atoms with Crippen molar-refractivity contribution in [3.8, 4) is 33.6 Å². The molecule has 6 rings (SSSR count). The SMILES string of the molecule is O=C(O)COC1CCCc2cc(Cn3nc(-c4ccccc4)c(-c4ccccc4)c3-c3ccccc3)ccc2C1. The van der Waals surface area contributed by atoms with Crippen LogP contribution >= 0.6 is 0 Å². The monoisotopic (exact) mass is 528 g/mol. The summed E-state index contributed by atoms with van der Waals surface area (Å²) in [5.41, 5.74) is 10.3. The molecule has 0 amide bonds. The van der Waals surface area contributed by atoms with Crippen LogP contribution in [0.15, 0.2) is 109 Å². The summed E-state index contributed by atoms with van der Waals surface area (Å²) in [6.45, 7) is 0.399. The fourth-order valence-electron chi connectivity index (χ4n) is 5.72. The van der Waals surface area contributed by atoms with Gasteiger partial charge in [0.15, 0.2) is 0 Å². The standard InChI is InChI=1S/C35H32N2O3/c38-32(39)24-40-31-18-10-17-29-21-25(19-20-30(29)22-31)23-37-35(28-15-8-3-9-16-28)33(26-11-4-1-5-12-26)34(36-37)27-13-6-2-7-14-27/h1-9,11-16,19-21,31H,10,17-18,22-24H2,(H,38,39). The number of aromatic nitrogens is 2. The Morgan fingerprint density at radius 1 is 0.825 bits per heavy atom. The van der Waals surface area contributed by atoms with Gasteiger partial charge in [-0.1, -0.05) is 109 Å². The summed E-state index contributed by atoms with van der Waals surface area (Å²) in [4.78, 5) is 11.0. The maximum Gasteiger partial charge on any atom is 0.329 e. The van der Waals surface area contributed by atoms with Crippen molar-refractivity contribution >= 4 is 5.97 Å². The number of carbonyl (C=O) groups is 1. The molecule has 5 nitrogen and oxygen atoms in total. The van der Waals surface area contributed by atoms with E-state index >= 15 is 0 Å². The molecule has 1 unspecified atom stereocenters. The van der Waals surface area contributed by atoms with Crippen molar-refractivity contribution in [3.05, 3.63) is 126 Å². The van der Waals surface area contributed by atoms with E-state index in [9.17, 15) is 4.79 Å². The second-order valence-corrected chi connectivity index (χ2v) is 10.4. The van der Waals surface area contributed by atoms with Crippen LogP contribution < -0.4 is 0 Å². The summed E-state index contributed by atoms with van der Waals surface area (Å²) in [6, 6.07) is 38.1. The Balaban J connectivity index is 1.42. The van der Waals surface area contributed by atoms with Crippen molar-refractivity contribution in [2.45, 2.75) is 38.3 Å². The van der Waals surface area contributed by atoms with Gasteiger partial charge >= 0.3 is 5.97 Å². The third-order valence-corrected chi connectivity index (χ3v) is 7.57. The van der Waals surface area contributed by atoms with E-state index < -0.39 is 5.97 Å². The van der Waals surface area contributed by atoms with Crippen LogP contribution in [0.4, 0.5) is 0 Å². The number of benzene rings is 4. The number of hydrogen-bond acceptors (Lipinski definition) is 3. The molecule has 0 spiro atoms. The van der Waals surface area contributed by atoms with Gasteiger partial charge in [0.2, 0.25) is 0 Å². The normalized spacial score (nSPS) is 14.8. The zero-order valence-corrected chi connectivity index (χ0v) is 22.4. The molecule has 1 aliphatic carbocycles. The number of ether oxygens (including phenoxy) is 1. The Morgan fingerprint density at radius 3 is 2.15 bits per heavy atom. The second kappa shape index (κ2) is 11.7. The zero-order valence-electron chi connectivity index (χ0n) is 22.4. The molecule has 0 aliphatic heterocycles.